The van der Waals surface area contributed by atoms with E-state index in [9.17, 15) is 4.39 Å². The first kappa shape index (κ1) is 15.5. The third kappa shape index (κ3) is 5.85. The van der Waals surface area contributed by atoms with E-state index in [2.05, 4.69) is 12.2 Å². The van der Waals surface area contributed by atoms with E-state index < -0.39 is 0 Å². The Hall–Kier alpha value is -0.580. The largest absolute Gasteiger partial charge is 0.396 e. The van der Waals surface area contributed by atoms with E-state index in [1.54, 1.807) is 12.1 Å². The summed E-state index contributed by atoms with van der Waals surface area (Å²) in [5.41, 5.74) is 1.01. The van der Waals surface area contributed by atoms with Gasteiger partial charge < -0.3 is 10.4 Å². The first-order valence-corrected chi connectivity index (χ1v) is 7.60. The maximum atomic E-state index is 13.1. The normalized spacial score (nSPS) is 12.6. The van der Waals surface area contributed by atoms with Crippen LogP contribution < -0.4 is 5.32 Å². The standard InChI is InChI=1S/C14H22FNOS/c1-2-14(12-5-3-6-13(15)11-12)16-7-10-18-9-4-8-17/h3,5-6,11,14,16-17H,2,4,7-10H2,1H3. The molecule has 0 saturated heterocycles. The zero-order chi connectivity index (χ0) is 13.2. The van der Waals surface area contributed by atoms with Crippen LogP contribution >= 0.6 is 11.8 Å². The summed E-state index contributed by atoms with van der Waals surface area (Å²) in [5, 5.41) is 12.1. The first-order valence-electron chi connectivity index (χ1n) is 6.45. The van der Waals surface area contributed by atoms with Crippen molar-refractivity contribution in [3.63, 3.8) is 0 Å². The molecule has 102 valence electrons. The summed E-state index contributed by atoms with van der Waals surface area (Å²) in [7, 11) is 0. The third-order valence-corrected chi connectivity index (χ3v) is 3.81. The molecule has 0 saturated carbocycles. The molecule has 0 fully saturated rings. The van der Waals surface area contributed by atoms with Crippen LogP contribution in [0.5, 0.6) is 0 Å². The minimum atomic E-state index is -0.176. The molecule has 0 aliphatic carbocycles. The van der Waals surface area contributed by atoms with Gasteiger partial charge in [-0.3, -0.25) is 0 Å². The molecule has 1 atom stereocenters. The lowest BCUT2D eigenvalue weighted by Crippen LogP contribution is -2.23. The van der Waals surface area contributed by atoms with Gasteiger partial charge in [0.1, 0.15) is 5.82 Å². The molecule has 0 spiro atoms. The fourth-order valence-corrected chi connectivity index (χ4v) is 2.59. The highest BCUT2D eigenvalue weighted by Crippen LogP contribution is 2.17. The summed E-state index contributed by atoms with van der Waals surface area (Å²) in [5.74, 6) is 1.84. The zero-order valence-electron chi connectivity index (χ0n) is 10.9. The number of rotatable bonds is 9. The quantitative estimate of drug-likeness (QED) is 0.677. The number of hydrogen-bond acceptors (Lipinski definition) is 3. The van der Waals surface area contributed by atoms with Crippen molar-refractivity contribution < 1.29 is 9.50 Å². The number of aliphatic hydroxyl groups is 1. The molecule has 0 bridgehead atoms. The Morgan fingerprint density at radius 1 is 1.39 bits per heavy atom. The molecule has 1 rings (SSSR count). The van der Waals surface area contributed by atoms with Gasteiger partial charge in [0, 0.05) is 24.9 Å². The van der Waals surface area contributed by atoms with E-state index >= 15 is 0 Å². The van der Waals surface area contributed by atoms with Crippen molar-refractivity contribution in [1.82, 2.24) is 5.32 Å². The highest BCUT2D eigenvalue weighted by molar-refractivity contribution is 7.99. The van der Waals surface area contributed by atoms with Crippen LogP contribution in [0.3, 0.4) is 0 Å². The zero-order valence-corrected chi connectivity index (χ0v) is 11.7. The lowest BCUT2D eigenvalue weighted by molar-refractivity contribution is 0.296. The molecular formula is C14H22FNOS. The van der Waals surface area contributed by atoms with Crippen LogP contribution in [0.25, 0.3) is 0 Å². The molecular weight excluding hydrogens is 249 g/mol. The molecule has 18 heavy (non-hydrogen) atoms. The number of hydrogen-bond donors (Lipinski definition) is 2. The minimum absolute atomic E-state index is 0.176. The predicted octanol–water partition coefficient (Wildman–Crippen LogP) is 2.98. The van der Waals surface area contributed by atoms with Crippen molar-refractivity contribution >= 4 is 11.8 Å². The molecule has 2 nitrogen and oxygen atoms in total. The van der Waals surface area contributed by atoms with Crippen molar-refractivity contribution in [2.75, 3.05) is 24.7 Å². The molecule has 0 radical (unpaired) electrons. The summed E-state index contributed by atoms with van der Waals surface area (Å²) in [6, 6.07) is 7.01. The Kier molecular flexibility index (Phi) is 8.05. The summed E-state index contributed by atoms with van der Waals surface area (Å²) >= 11 is 1.83. The number of nitrogens with one attached hydrogen (secondary N) is 1. The topological polar surface area (TPSA) is 32.3 Å². The minimum Gasteiger partial charge on any atom is -0.396 e. The number of thioether (sulfide) groups is 1. The van der Waals surface area contributed by atoms with Crippen molar-refractivity contribution in [2.24, 2.45) is 0 Å². The molecule has 1 aromatic carbocycles. The average molecular weight is 271 g/mol. The van der Waals surface area contributed by atoms with E-state index in [0.29, 0.717) is 0 Å². The van der Waals surface area contributed by atoms with Crippen LogP contribution in [0.15, 0.2) is 24.3 Å². The Labute approximate surface area is 113 Å². The van der Waals surface area contributed by atoms with Gasteiger partial charge in [-0.1, -0.05) is 19.1 Å². The second-order valence-corrected chi connectivity index (χ2v) is 5.38. The van der Waals surface area contributed by atoms with Gasteiger partial charge in [0.05, 0.1) is 0 Å². The molecule has 0 aliphatic heterocycles. The van der Waals surface area contributed by atoms with Crippen molar-refractivity contribution in [2.45, 2.75) is 25.8 Å². The van der Waals surface area contributed by atoms with Crippen molar-refractivity contribution in [1.29, 1.82) is 0 Å². The predicted molar refractivity (Wildman–Crippen MR) is 76.5 cm³/mol. The highest BCUT2D eigenvalue weighted by Gasteiger charge is 2.08. The molecule has 0 heterocycles. The fourth-order valence-electron chi connectivity index (χ4n) is 1.80. The Balaban J connectivity index is 2.29. The van der Waals surface area contributed by atoms with Crippen LogP contribution in [-0.4, -0.2) is 29.8 Å². The third-order valence-electron chi connectivity index (χ3n) is 2.74. The highest BCUT2D eigenvalue weighted by atomic mass is 32.2. The van der Waals surface area contributed by atoms with Gasteiger partial charge in [0.25, 0.3) is 0 Å². The van der Waals surface area contributed by atoms with Crippen LogP contribution in [0.2, 0.25) is 0 Å². The van der Waals surface area contributed by atoms with Gasteiger partial charge in [0.2, 0.25) is 0 Å². The van der Waals surface area contributed by atoms with E-state index in [1.165, 1.54) is 6.07 Å². The molecule has 0 aliphatic rings. The number of halogens is 1. The molecule has 4 heteroatoms. The maximum absolute atomic E-state index is 13.1. The fraction of sp³-hybridized carbons (Fsp3) is 0.571. The van der Waals surface area contributed by atoms with Gasteiger partial charge in [-0.05, 0) is 36.3 Å². The molecule has 0 aromatic heterocycles. The Morgan fingerprint density at radius 2 is 2.22 bits per heavy atom. The lowest BCUT2D eigenvalue weighted by Gasteiger charge is -2.17. The summed E-state index contributed by atoms with van der Waals surface area (Å²) < 4.78 is 13.1. The van der Waals surface area contributed by atoms with Gasteiger partial charge in [-0.2, -0.15) is 11.8 Å². The Bertz CT molecular complexity index is 335. The van der Waals surface area contributed by atoms with E-state index in [-0.39, 0.29) is 18.5 Å². The average Bonchev–Trinajstić information content (AvgIpc) is 2.38. The number of benzene rings is 1. The van der Waals surface area contributed by atoms with Crippen molar-refractivity contribution in [3.05, 3.63) is 35.6 Å². The van der Waals surface area contributed by atoms with Gasteiger partial charge in [0.15, 0.2) is 0 Å². The summed E-state index contributed by atoms with van der Waals surface area (Å²) in [6.45, 7) is 3.27. The SMILES string of the molecule is CCC(NCCSCCCO)c1cccc(F)c1. The molecule has 1 aromatic rings. The monoisotopic (exact) mass is 271 g/mol. The van der Waals surface area contributed by atoms with Crippen LogP contribution in [0.1, 0.15) is 31.4 Å². The molecule has 2 N–H and O–H groups in total. The van der Waals surface area contributed by atoms with Crippen LogP contribution in [0.4, 0.5) is 4.39 Å². The van der Waals surface area contributed by atoms with Gasteiger partial charge >= 0.3 is 0 Å². The molecule has 0 amide bonds. The van der Waals surface area contributed by atoms with E-state index in [1.807, 2.05) is 17.8 Å². The van der Waals surface area contributed by atoms with Crippen molar-refractivity contribution in [3.8, 4) is 0 Å². The van der Waals surface area contributed by atoms with Crippen LogP contribution in [-0.2, 0) is 0 Å². The second kappa shape index (κ2) is 9.36. The summed E-state index contributed by atoms with van der Waals surface area (Å²) in [4.78, 5) is 0. The maximum Gasteiger partial charge on any atom is 0.123 e. The van der Waals surface area contributed by atoms with Crippen LogP contribution in [0, 0.1) is 5.82 Å². The lowest BCUT2D eigenvalue weighted by atomic mass is 10.0. The molecule has 1 unspecified atom stereocenters. The van der Waals surface area contributed by atoms with E-state index in [4.69, 9.17) is 5.11 Å². The first-order chi connectivity index (χ1) is 8.77. The van der Waals surface area contributed by atoms with Gasteiger partial charge in [-0.25, -0.2) is 4.39 Å². The number of aliphatic hydroxyl groups excluding tert-OH is 1. The summed E-state index contributed by atoms with van der Waals surface area (Å²) in [6.07, 6.45) is 1.80. The van der Waals surface area contributed by atoms with E-state index in [0.717, 1.165) is 36.5 Å². The second-order valence-electron chi connectivity index (χ2n) is 4.16. The van der Waals surface area contributed by atoms with Gasteiger partial charge in [-0.15, -0.1) is 0 Å². The Morgan fingerprint density at radius 3 is 2.89 bits per heavy atom. The smallest absolute Gasteiger partial charge is 0.123 e.